The van der Waals surface area contributed by atoms with Gasteiger partial charge in [-0.25, -0.2) is 0 Å². The summed E-state index contributed by atoms with van der Waals surface area (Å²) >= 11 is 5.83. The Balaban J connectivity index is 1.85. The van der Waals surface area contributed by atoms with E-state index in [4.69, 9.17) is 21.1 Å². The molecule has 0 heterocycles. The summed E-state index contributed by atoms with van der Waals surface area (Å²) in [4.78, 5) is 23.8. The summed E-state index contributed by atoms with van der Waals surface area (Å²) in [6, 6.07) is 14.0. The van der Waals surface area contributed by atoms with Crippen molar-refractivity contribution < 1.29 is 19.1 Å². The maximum Gasteiger partial charge on any atom is 0.269 e. The summed E-state index contributed by atoms with van der Waals surface area (Å²) in [7, 11) is 1.44. The molecule has 2 aromatic rings. The highest BCUT2D eigenvalue weighted by atomic mass is 35.5. The molecule has 0 aliphatic rings. The molecule has 1 atom stereocenters. The molecule has 0 aliphatic heterocycles. The van der Waals surface area contributed by atoms with E-state index in [1.807, 2.05) is 6.92 Å². The van der Waals surface area contributed by atoms with Gasteiger partial charge in [-0.15, -0.1) is 0 Å². The largest absolute Gasteiger partial charge is 0.489 e. The predicted octanol–water partition coefficient (Wildman–Crippen LogP) is 3.11. The lowest BCUT2D eigenvalue weighted by molar-refractivity contribution is -0.132. The van der Waals surface area contributed by atoms with E-state index in [1.165, 1.54) is 7.11 Å². The van der Waals surface area contributed by atoms with E-state index in [-0.39, 0.29) is 0 Å². The Bertz CT molecular complexity index is 728. The third kappa shape index (κ3) is 5.75. The first kappa shape index (κ1) is 19.8. The lowest BCUT2D eigenvalue weighted by Gasteiger charge is -2.13. The molecule has 2 aromatic carbocycles. The summed E-state index contributed by atoms with van der Waals surface area (Å²) in [5.74, 6) is -0.0895. The molecule has 2 rings (SSSR count). The van der Waals surface area contributed by atoms with Crippen LogP contribution in [0.3, 0.4) is 0 Å². The maximum atomic E-state index is 12.1. The van der Waals surface area contributed by atoms with Crippen molar-refractivity contribution >= 4 is 23.4 Å². The second kappa shape index (κ2) is 9.79. The molecule has 0 saturated heterocycles. The zero-order valence-corrected chi connectivity index (χ0v) is 15.4. The van der Waals surface area contributed by atoms with E-state index in [2.05, 4.69) is 10.9 Å². The van der Waals surface area contributed by atoms with Gasteiger partial charge in [0.05, 0.1) is 0 Å². The Kier molecular flexibility index (Phi) is 7.44. The van der Waals surface area contributed by atoms with E-state index in [9.17, 15) is 9.59 Å². The third-order valence-corrected chi connectivity index (χ3v) is 3.93. The van der Waals surface area contributed by atoms with Gasteiger partial charge in [0, 0.05) is 17.7 Å². The predicted molar refractivity (Wildman–Crippen MR) is 98.9 cm³/mol. The first-order valence-electron chi connectivity index (χ1n) is 8.13. The second-order valence-electron chi connectivity index (χ2n) is 5.52. The van der Waals surface area contributed by atoms with Crippen LogP contribution in [-0.2, 0) is 16.1 Å². The van der Waals surface area contributed by atoms with Crippen molar-refractivity contribution in [1.82, 2.24) is 10.9 Å². The van der Waals surface area contributed by atoms with Crippen molar-refractivity contribution in [1.29, 1.82) is 0 Å². The SMILES string of the molecule is CCC(OC)C(=O)NNC(=O)c1ccc(COc2ccc(Cl)cc2)cc1. The van der Waals surface area contributed by atoms with Crippen molar-refractivity contribution in [3.8, 4) is 5.75 Å². The van der Waals surface area contributed by atoms with Gasteiger partial charge >= 0.3 is 0 Å². The molecule has 0 saturated carbocycles. The number of methoxy groups -OCH3 is 1. The summed E-state index contributed by atoms with van der Waals surface area (Å²) in [5, 5.41) is 0.649. The molecule has 0 spiro atoms. The van der Waals surface area contributed by atoms with Gasteiger partial charge < -0.3 is 9.47 Å². The number of hydrazine groups is 1. The van der Waals surface area contributed by atoms with Gasteiger partial charge in [0.1, 0.15) is 18.5 Å². The van der Waals surface area contributed by atoms with Gasteiger partial charge in [-0.2, -0.15) is 0 Å². The smallest absolute Gasteiger partial charge is 0.269 e. The number of halogens is 1. The Labute approximate surface area is 157 Å². The summed E-state index contributed by atoms with van der Waals surface area (Å²) < 4.78 is 10.6. The van der Waals surface area contributed by atoms with Crippen LogP contribution in [0.4, 0.5) is 0 Å². The number of hydrogen-bond donors (Lipinski definition) is 2. The van der Waals surface area contributed by atoms with Crippen LogP contribution in [0.1, 0.15) is 29.3 Å². The normalized spacial score (nSPS) is 11.5. The zero-order valence-electron chi connectivity index (χ0n) is 14.6. The van der Waals surface area contributed by atoms with E-state index in [1.54, 1.807) is 48.5 Å². The fraction of sp³-hybridized carbons (Fsp3) is 0.263. The number of hydrogen-bond acceptors (Lipinski definition) is 4. The molecule has 138 valence electrons. The van der Waals surface area contributed by atoms with Crippen LogP contribution < -0.4 is 15.6 Å². The van der Waals surface area contributed by atoms with E-state index < -0.39 is 17.9 Å². The Morgan fingerprint density at radius 3 is 2.27 bits per heavy atom. The third-order valence-electron chi connectivity index (χ3n) is 3.68. The van der Waals surface area contributed by atoms with Gasteiger partial charge in [0.2, 0.25) is 0 Å². The fourth-order valence-electron chi connectivity index (χ4n) is 2.18. The topological polar surface area (TPSA) is 76.7 Å². The van der Waals surface area contributed by atoms with Gasteiger partial charge in [-0.3, -0.25) is 20.4 Å². The standard InChI is InChI=1S/C19H21ClN2O4/c1-3-17(25-2)19(24)22-21-18(23)14-6-4-13(5-7-14)12-26-16-10-8-15(20)9-11-16/h4-11,17H,3,12H2,1-2H3,(H,21,23)(H,22,24). The Morgan fingerprint density at radius 1 is 1.04 bits per heavy atom. The van der Waals surface area contributed by atoms with E-state index >= 15 is 0 Å². The number of ether oxygens (including phenoxy) is 2. The second-order valence-corrected chi connectivity index (χ2v) is 5.95. The minimum absolute atomic E-state index is 0.367. The van der Waals surface area contributed by atoms with E-state index in [0.717, 1.165) is 5.56 Å². The molecule has 26 heavy (non-hydrogen) atoms. The maximum absolute atomic E-state index is 12.1. The highest BCUT2D eigenvalue weighted by Crippen LogP contribution is 2.17. The molecular formula is C19H21ClN2O4. The van der Waals surface area contributed by atoms with Crippen LogP contribution in [0.5, 0.6) is 5.75 Å². The number of benzene rings is 2. The lowest BCUT2D eigenvalue weighted by Crippen LogP contribution is -2.46. The minimum atomic E-state index is -0.595. The zero-order chi connectivity index (χ0) is 18.9. The van der Waals surface area contributed by atoms with Crippen LogP contribution >= 0.6 is 11.6 Å². The molecule has 1 unspecified atom stereocenters. The highest BCUT2D eigenvalue weighted by Gasteiger charge is 2.16. The molecule has 0 fully saturated rings. The monoisotopic (exact) mass is 376 g/mol. The summed E-state index contributed by atoms with van der Waals surface area (Å²) in [6.45, 7) is 2.19. The average Bonchev–Trinajstić information content (AvgIpc) is 2.67. The number of rotatable bonds is 7. The van der Waals surface area contributed by atoms with Gasteiger partial charge in [0.15, 0.2) is 0 Å². The van der Waals surface area contributed by atoms with Crippen molar-refractivity contribution in [3.05, 3.63) is 64.7 Å². The van der Waals surface area contributed by atoms with Crippen molar-refractivity contribution in [2.24, 2.45) is 0 Å². The first-order chi connectivity index (χ1) is 12.5. The molecule has 0 bridgehead atoms. The number of carbonyl (C=O) groups is 2. The molecule has 7 heteroatoms. The molecule has 0 aromatic heterocycles. The molecule has 2 amide bonds. The molecule has 0 radical (unpaired) electrons. The van der Waals surface area contributed by atoms with Crippen LogP contribution in [0.2, 0.25) is 5.02 Å². The van der Waals surface area contributed by atoms with Crippen molar-refractivity contribution in [2.75, 3.05) is 7.11 Å². The quantitative estimate of drug-likeness (QED) is 0.728. The molecular weight excluding hydrogens is 356 g/mol. The van der Waals surface area contributed by atoms with Crippen molar-refractivity contribution in [2.45, 2.75) is 26.1 Å². The fourth-order valence-corrected chi connectivity index (χ4v) is 2.31. The minimum Gasteiger partial charge on any atom is -0.489 e. The number of amides is 2. The van der Waals surface area contributed by atoms with Gasteiger partial charge in [0.25, 0.3) is 11.8 Å². The number of nitrogens with one attached hydrogen (secondary N) is 2. The van der Waals surface area contributed by atoms with Gasteiger partial charge in [-0.1, -0.05) is 30.7 Å². The molecule has 0 aliphatic carbocycles. The van der Waals surface area contributed by atoms with E-state index in [0.29, 0.717) is 29.4 Å². The van der Waals surface area contributed by atoms with Crippen molar-refractivity contribution in [3.63, 3.8) is 0 Å². The van der Waals surface area contributed by atoms with Crippen LogP contribution in [0, 0.1) is 0 Å². The van der Waals surface area contributed by atoms with Crippen LogP contribution in [0.25, 0.3) is 0 Å². The Hall–Kier alpha value is -2.57. The molecule has 2 N–H and O–H groups in total. The lowest BCUT2D eigenvalue weighted by atomic mass is 10.1. The number of carbonyl (C=O) groups excluding carboxylic acids is 2. The molecule has 6 nitrogen and oxygen atoms in total. The Morgan fingerprint density at radius 2 is 1.69 bits per heavy atom. The highest BCUT2D eigenvalue weighted by molar-refractivity contribution is 6.30. The van der Waals surface area contributed by atoms with Gasteiger partial charge in [-0.05, 0) is 48.4 Å². The first-order valence-corrected chi connectivity index (χ1v) is 8.51. The van der Waals surface area contributed by atoms with Crippen LogP contribution in [-0.4, -0.2) is 25.0 Å². The summed E-state index contributed by atoms with van der Waals surface area (Å²) in [5.41, 5.74) is 6.05. The summed E-state index contributed by atoms with van der Waals surface area (Å²) in [6.07, 6.45) is -0.0803. The van der Waals surface area contributed by atoms with Crippen LogP contribution in [0.15, 0.2) is 48.5 Å². The average molecular weight is 377 g/mol.